The Kier molecular flexibility index (Phi) is 6.19. The minimum atomic E-state index is -0.551. The van der Waals surface area contributed by atoms with Crippen molar-refractivity contribution < 1.29 is 14.5 Å². The number of carbonyl (C=O) groups excluding carboxylic acids is 1. The lowest BCUT2D eigenvalue weighted by Crippen LogP contribution is -2.21. The summed E-state index contributed by atoms with van der Waals surface area (Å²) in [7, 11) is 0. The Morgan fingerprint density at radius 1 is 1.22 bits per heavy atom. The minimum absolute atomic E-state index is 0.0420. The number of nitrogens with one attached hydrogen (secondary N) is 1. The van der Waals surface area contributed by atoms with E-state index in [1.165, 1.54) is 25.0 Å². The van der Waals surface area contributed by atoms with E-state index in [0.29, 0.717) is 24.3 Å². The molecule has 1 aliphatic carbocycles. The molecule has 1 aliphatic rings. The van der Waals surface area contributed by atoms with E-state index in [2.05, 4.69) is 12.2 Å². The molecule has 0 heterocycles. The first kappa shape index (κ1) is 19.0. The lowest BCUT2D eigenvalue weighted by molar-refractivity contribution is -0.385. The lowest BCUT2D eigenvalue weighted by Gasteiger charge is -2.26. The van der Waals surface area contributed by atoms with Gasteiger partial charge in [-0.3, -0.25) is 14.9 Å². The zero-order chi connectivity index (χ0) is 19.2. The third kappa shape index (κ3) is 5.14. The highest BCUT2D eigenvalue weighted by atomic mass is 16.6. The molecule has 3 rings (SSSR count). The van der Waals surface area contributed by atoms with Crippen molar-refractivity contribution in [1.29, 1.82) is 0 Å². The van der Waals surface area contributed by atoms with E-state index in [4.69, 9.17) is 4.74 Å². The van der Waals surface area contributed by atoms with Gasteiger partial charge in [0.2, 0.25) is 0 Å². The number of amides is 1. The van der Waals surface area contributed by atoms with Gasteiger partial charge in [-0.15, -0.1) is 0 Å². The summed E-state index contributed by atoms with van der Waals surface area (Å²) in [5, 5.41) is 13.8. The zero-order valence-electron chi connectivity index (χ0n) is 15.4. The van der Waals surface area contributed by atoms with Crippen LogP contribution in [0.15, 0.2) is 48.5 Å². The summed E-state index contributed by atoms with van der Waals surface area (Å²) in [6.07, 6.45) is 4.95. The third-order valence-corrected chi connectivity index (χ3v) is 4.90. The summed E-state index contributed by atoms with van der Waals surface area (Å²) in [5.74, 6) is 0.206. The molecule has 1 fully saturated rings. The van der Waals surface area contributed by atoms with Crippen LogP contribution in [0.5, 0.6) is 0 Å². The number of carbonyl (C=O) groups is 1. The molecule has 6 nitrogen and oxygen atoms in total. The highest BCUT2D eigenvalue weighted by Crippen LogP contribution is 2.27. The van der Waals surface area contributed by atoms with Crippen LogP contribution in [0.25, 0.3) is 0 Å². The number of hydrogen-bond donors (Lipinski definition) is 1. The van der Waals surface area contributed by atoms with Gasteiger partial charge in [0.15, 0.2) is 0 Å². The Bertz CT molecular complexity index is 821. The minimum Gasteiger partial charge on any atom is -0.374 e. The largest absolute Gasteiger partial charge is 0.374 e. The Morgan fingerprint density at radius 2 is 2.04 bits per heavy atom. The van der Waals surface area contributed by atoms with Crippen molar-refractivity contribution in [2.45, 2.75) is 45.3 Å². The van der Waals surface area contributed by atoms with Gasteiger partial charge in [-0.1, -0.05) is 44.0 Å². The third-order valence-electron chi connectivity index (χ3n) is 4.90. The predicted molar refractivity (Wildman–Crippen MR) is 104 cm³/mol. The number of rotatable bonds is 6. The van der Waals surface area contributed by atoms with Crippen LogP contribution in [-0.4, -0.2) is 16.9 Å². The van der Waals surface area contributed by atoms with Crippen LogP contribution < -0.4 is 5.32 Å². The van der Waals surface area contributed by atoms with Gasteiger partial charge in [-0.2, -0.15) is 0 Å². The van der Waals surface area contributed by atoms with E-state index in [1.54, 1.807) is 18.2 Å². The normalized spacial score (nSPS) is 19.4. The standard InChI is InChI=1S/C21H24N2O4/c1-15-6-4-9-18(12-15)27-14-16-7-5-8-17(13-16)22-21(24)19-10-2-3-11-20(19)23(25)26/h2-3,5,7-8,10-11,13,15,18H,4,6,9,12,14H2,1H3,(H,22,24). The maximum Gasteiger partial charge on any atom is 0.282 e. The van der Waals surface area contributed by atoms with Gasteiger partial charge in [0.05, 0.1) is 17.6 Å². The van der Waals surface area contributed by atoms with Crippen molar-refractivity contribution in [3.05, 3.63) is 69.8 Å². The summed E-state index contributed by atoms with van der Waals surface area (Å²) in [6.45, 7) is 2.75. The highest BCUT2D eigenvalue weighted by molar-refractivity contribution is 6.07. The highest BCUT2D eigenvalue weighted by Gasteiger charge is 2.20. The van der Waals surface area contributed by atoms with Crippen molar-refractivity contribution in [3.63, 3.8) is 0 Å². The number of para-hydroxylation sites is 1. The van der Waals surface area contributed by atoms with Gasteiger partial charge >= 0.3 is 0 Å². The van der Waals surface area contributed by atoms with E-state index < -0.39 is 10.8 Å². The molecule has 142 valence electrons. The first-order valence-electron chi connectivity index (χ1n) is 9.28. The second-order valence-corrected chi connectivity index (χ2v) is 7.13. The molecule has 1 saturated carbocycles. The fourth-order valence-electron chi connectivity index (χ4n) is 3.51. The molecule has 2 aromatic carbocycles. The number of nitro groups is 1. The van der Waals surface area contributed by atoms with E-state index in [9.17, 15) is 14.9 Å². The van der Waals surface area contributed by atoms with Crippen LogP contribution >= 0.6 is 0 Å². The molecule has 2 unspecified atom stereocenters. The second-order valence-electron chi connectivity index (χ2n) is 7.13. The van der Waals surface area contributed by atoms with Crippen LogP contribution in [0, 0.1) is 16.0 Å². The van der Waals surface area contributed by atoms with Gasteiger partial charge in [0.1, 0.15) is 5.56 Å². The summed E-state index contributed by atoms with van der Waals surface area (Å²) >= 11 is 0. The summed E-state index contributed by atoms with van der Waals surface area (Å²) in [5.41, 5.74) is 1.39. The van der Waals surface area contributed by atoms with Crippen molar-refractivity contribution >= 4 is 17.3 Å². The van der Waals surface area contributed by atoms with E-state index in [0.717, 1.165) is 18.4 Å². The molecule has 0 radical (unpaired) electrons. The first-order valence-corrected chi connectivity index (χ1v) is 9.28. The molecule has 0 bridgehead atoms. The average Bonchev–Trinajstić information content (AvgIpc) is 2.67. The number of ether oxygens (including phenoxy) is 1. The molecule has 6 heteroatoms. The molecular weight excluding hydrogens is 344 g/mol. The molecule has 1 N–H and O–H groups in total. The van der Waals surface area contributed by atoms with Crippen LogP contribution in [0.1, 0.15) is 48.5 Å². The van der Waals surface area contributed by atoms with Gasteiger partial charge in [0.25, 0.3) is 11.6 Å². The fourth-order valence-corrected chi connectivity index (χ4v) is 3.51. The van der Waals surface area contributed by atoms with Crippen molar-refractivity contribution in [1.82, 2.24) is 0 Å². The van der Waals surface area contributed by atoms with Gasteiger partial charge in [-0.25, -0.2) is 0 Å². The summed E-state index contributed by atoms with van der Waals surface area (Å²) in [6, 6.07) is 13.3. The predicted octanol–water partition coefficient (Wildman–Crippen LogP) is 4.94. The van der Waals surface area contributed by atoms with Gasteiger partial charge < -0.3 is 10.1 Å². The molecule has 0 aliphatic heterocycles. The SMILES string of the molecule is CC1CCCC(OCc2cccc(NC(=O)c3ccccc3[N+](=O)[O-])c2)C1. The Labute approximate surface area is 158 Å². The maximum atomic E-state index is 12.4. The van der Waals surface area contributed by atoms with E-state index in [-0.39, 0.29) is 11.3 Å². The van der Waals surface area contributed by atoms with E-state index >= 15 is 0 Å². The van der Waals surface area contributed by atoms with Gasteiger partial charge in [-0.05, 0) is 42.5 Å². The molecule has 2 aromatic rings. The smallest absolute Gasteiger partial charge is 0.282 e. The monoisotopic (exact) mass is 368 g/mol. The average molecular weight is 368 g/mol. The second kappa shape index (κ2) is 8.77. The molecule has 27 heavy (non-hydrogen) atoms. The number of nitro benzene ring substituents is 1. The van der Waals surface area contributed by atoms with Crippen LogP contribution in [0.2, 0.25) is 0 Å². The lowest BCUT2D eigenvalue weighted by atomic mass is 9.89. The molecular formula is C21H24N2O4. The Hall–Kier alpha value is -2.73. The Morgan fingerprint density at radius 3 is 2.81 bits per heavy atom. The fraction of sp³-hybridized carbons (Fsp3) is 0.381. The van der Waals surface area contributed by atoms with Crippen molar-refractivity contribution in [2.24, 2.45) is 5.92 Å². The number of anilines is 1. The molecule has 2 atom stereocenters. The topological polar surface area (TPSA) is 81.5 Å². The van der Waals surface area contributed by atoms with Crippen LogP contribution in [0.3, 0.4) is 0 Å². The van der Waals surface area contributed by atoms with Crippen molar-refractivity contribution in [3.8, 4) is 0 Å². The van der Waals surface area contributed by atoms with Crippen LogP contribution in [-0.2, 0) is 11.3 Å². The quantitative estimate of drug-likeness (QED) is 0.578. The zero-order valence-corrected chi connectivity index (χ0v) is 15.4. The maximum absolute atomic E-state index is 12.4. The van der Waals surface area contributed by atoms with E-state index in [1.807, 2.05) is 18.2 Å². The number of hydrogen-bond acceptors (Lipinski definition) is 4. The summed E-state index contributed by atoms with van der Waals surface area (Å²) < 4.78 is 6.03. The molecule has 0 spiro atoms. The van der Waals surface area contributed by atoms with Gasteiger partial charge in [0, 0.05) is 11.8 Å². The Balaban J connectivity index is 1.64. The first-order chi connectivity index (χ1) is 13.0. The number of nitrogens with zero attached hydrogens (tertiary/aromatic N) is 1. The molecule has 0 aromatic heterocycles. The molecule has 0 saturated heterocycles. The van der Waals surface area contributed by atoms with Crippen LogP contribution in [0.4, 0.5) is 11.4 Å². The number of benzene rings is 2. The molecule has 1 amide bonds. The summed E-state index contributed by atoms with van der Waals surface area (Å²) in [4.78, 5) is 23.0. The van der Waals surface area contributed by atoms with Crippen molar-refractivity contribution in [2.75, 3.05) is 5.32 Å².